The largest absolute Gasteiger partial charge is 1.00 e. The van der Waals surface area contributed by atoms with Gasteiger partial charge in [0.15, 0.2) is 0 Å². The van der Waals surface area contributed by atoms with E-state index in [9.17, 15) is 0 Å². The van der Waals surface area contributed by atoms with Gasteiger partial charge in [-0.25, -0.2) is 4.98 Å². The molecule has 0 aliphatic heterocycles. The Morgan fingerprint density at radius 2 is 1.35 bits per heavy atom. The number of aromatic nitrogens is 1. The van der Waals surface area contributed by atoms with Crippen molar-refractivity contribution in [2.24, 2.45) is 0 Å². The van der Waals surface area contributed by atoms with Crippen molar-refractivity contribution >= 4 is 23.6 Å². The zero-order chi connectivity index (χ0) is 16.3. The van der Waals surface area contributed by atoms with E-state index in [1.54, 1.807) is 0 Å². The third-order valence-electron chi connectivity index (χ3n) is 2.97. The molecule has 0 fully saturated rings. The molecule has 23 heavy (non-hydrogen) atoms. The number of nitrogens with zero attached hydrogens (tertiary/aromatic N) is 1. The van der Waals surface area contributed by atoms with Gasteiger partial charge in [0.2, 0.25) is 0 Å². The van der Waals surface area contributed by atoms with Crippen LogP contribution in [-0.4, -0.2) is 30.1 Å². The molecule has 0 atom stereocenters. The first-order valence-electron chi connectivity index (χ1n) is 7.85. The first-order valence-corrected chi connectivity index (χ1v) is 7.85. The summed E-state index contributed by atoms with van der Waals surface area (Å²) in [5.41, 5.74) is 1.45. The summed E-state index contributed by atoms with van der Waals surface area (Å²) in [6, 6.07) is 7.58. The van der Waals surface area contributed by atoms with Crippen LogP contribution in [0.5, 0.6) is 0 Å². The molecular formula is C16H25BLiNO4. The Kier molecular flexibility index (Phi) is 7.38. The van der Waals surface area contributed by atoms with Gasteiger partial charge in [-0.3, -0.25) is 0 Å². The molecule has 7 heteroatoms. The number of benzene rings is 1. The van der Waals surface area contributed by atoms with Crippen molar-refractivity contribution < 1.29 is 37.2 Å². The summed E-state index contributed by atoms with van der Waals surface area (Å²) in [7, 11) is 0. The third-order valence-corrected chi connectivity index (χ3v) is 2.97. The van der Waals surface area contributed by atoms with Gasteiger partial charge in [0.05, 0.1) is 0 Å². The summed E-state index contributed by atoms with van der Waals surface area (Å²) < 4.78 is 24.0. The quantitative estimate of drug-likeness (QED) is 0.686. The van der Waals surface area contributed by atoms with Gasteiger partial charge in [0.1, 0.15) is 16.9 Å². The predicted octanol–water partition coefficient (Wildman–Crippen LogP) is 0.253. The van der Waals surface area contributed by atoms with E-state index in [1.165, 1.54) is 0 Å². The van der Waals surface area contributed by atoms with E-state index in [1.807, 2.05) is 65.8 Å². The Morgan fingerprint density at radius 3 is 1.78 bits per heavy atom. The molecule has 0 N–H and O–H groups in total. The second-order valence-corrected chi connectivity index (χ2v) is 6.22. The number of para-hydroxylation sites is 2. The Morgan fingerprint density at radius 1 is 0.870 bits per heavy atom. The Hall–Kier alpha value is -0.768. The van der Waals surface area contributed by atoms with Crippen LogP contribution in [0.4, 0.5) is 0 Å². The minimum atomic E-state index is -2.25. The van der Waals surface area contributed by atoms with Gasteiger partial charge in [-0.05, 0) is 53.7 Å². The minimum absolute atomic E-state index is 0. The summed E-state index contributed by atoms with van der Waals surface area (Å²) >= 11 is 0. The molecule has 122 valence electrons. The van der Waals surface area contributed by atoms with Crippen molar-refractivity contribution in [1.82, 2.24) is 4.98 Å². The van der Waals surface area contributed by atoms with Crippen LogP contribution in [-0.2, 0) is 14.0 Å². The van der Waals surface area contributed by atoms with Gasteiger partial charge in [-0.1, -0.05) is 12.1 Å². The van der Waals surface area contributed by atoms with Crippen molar-refractivity contribution in [3.8, 4) is 0 Å². The van der Waals surface area contributed by atoms with Crippen molar-refractivity contribution in [3.63, 3.8) is 0 Å². The molecule has 0 unspecified atom stereocenters. The summed E-state index contributed by atoms with van der Waals surface area (Å²) in [6.45, 7) is 9.38. The van der Waals surface area contributed by atoms with Crippen molar-refractivity contribution in [2.45, 2.75) is 59.9 Å². The molecule has 0 aliphatic rings. The van der Waals surface area contributed by atoms with Crippen LogP contribution in [0.3, 0.4) is 0 Å². The maximum atomic E-state index is 6.04. The minimum Gasteiger partial charge on any atom is -0.536 e. The standard InChI is InChI=1S/C16H25BNO4.Li/c1-11(2)20-17(21-12(3)4,22-13(5)6)16-18-14-9-7-8-10-15(14)19-16;/h7-13H,1-6H3;/q-1;+1. The van der Waals surface area contributed by atoms with Crippen LogP contribution < -0.4 is 24.7 Å². The van der Waals surface area contributed by atoms with Gasteiger partial charge < -0.3 is 18.4 Å². The van der Waals surface area contributed by atoms with Crippen LogP contribution >= 0.6 is 0 Å². The Balaban J connectivity index is 0.00000264. The van der Waals surface area contributed by atoms with E-state index in [2.05, 4.69) is 4.98 Å². The van der Waals surface area contributed by atoms with Crippen molar-refractivity contribution in [2.75, 3.05) is 0 Å². The first kappa shape index (κ1) is 20.3. The zero-order valence-corrected chi connectivity index (χ0v) is 15.2. The summed E-state index contributed by atoms with van der Waals surface area (Å²) in [5, 5.41) is 0. The Labute approximate surface area is 150 Å². The van der Waals surface area contributed by atoms with Gasteiger partial charge >= 0.3 is 25.6 Å². The van der Waals surface area contributed by atoms with Gasteiger partial charge in [0.25, 0.3) is 0 Å². The SMILES string of the molecule is CC(C)O[B-](OC(C)C)(OC(C)C)c1nc2ccccc2o1.[Li+]. The first-order chi connectivity index (χ1) is 10.3. The number of rotatable bonds is 7. The molecule has 1 heterocycles. The van der Waals surface area contributed by atoms with Crippen LogP contribution in [0.2, 0.25) is 0 Å². The number of fused-ring (bicyclic) bond motifs is 1. The number of hydrogen-bond acceptors (Lipinski definition) is 5. The van der Waals surface area contributed by atoms with E-state index in [-0.39, 0.29) is 37.2 Å². The van der Waals surface area contributed by atoms with E-state index < -0.39 is 6.75 Å². The number of hydrogen-bond donors (Lipinski definition) is 0. The summed E-state index contributed by atoms with van der Waals surface area (Å²) in [4.78, 5) is 4.53. The fourth-order valence-electron chi connectivity index (χ4n) is 2.39. The predicted molar refractivity (Wildman–Crippen MR) is 88.1 cm³/mol. The topological polar surface area (TPSA) is 53.7 Å². The summed E-state index contributed by atoms with van der Waals surface area (Å²) in [6.07, 6.45) is -0.271. The van der Waals surface area contributed by atoms with Crippen LogP contribution in [0.25, 0.3) is 11.1 Å². The smallest absolute Gasteiger partial charge is 0.536 e. The molecule has 5 nitrogen and oxygen atoms in total. The van der Waals surface area contributed by atoms with E-state index in [4.69, 9.17) is 18.4 Å². The molecule has 0 aliphatic carbocycles. The average Bonchev–Trinajstić information content (AvgIpc) is 2.80. The maximum absolute atomic E-state index is 6.04. The van der Waals surface area contributed by atoms with E-state index in [0.717, 1.165) is 5.52 Å². The molecule has 0 radical (unpaired) electrons. The molecule has 2 aromatic rings. The normalized spacial score (nSPS) is 12.4. The molecule has 0 spiro atoms. The molecule has 1 aromatic heterocycles. The maximum Gasteiger partial charge on any atom is 1.00 e. The fourth-order valence-corrected chi connectivity index (χ4v) is 2.39. The van der Waals surface area contributed by atoms with Crippen LogP contribution in [0.1, 0.15) is 41.5 Å². The third kappa shape index (κ3) is 5.10. The Bertz CT molecular complexity index is 555. The fraction of sp³-hybridized carbons (Fsp3) is 0.562. The monoisotopic (exact) mass is 313 g/mol. The van der Waals surface area contributed by atoms with Crippen LogP contribution in [0, 0.1) is 0 Å². The molecule has 1 aromatic carbocycles. The van der Waals surface area contributed by atoms with E-state index >= 15 is 0 Å². The molecule has 2 rings (SSSR count). The van der Waals surface area contributed by atoms with Gasteiger partial charge in [-0.2, -0.15) is 0 Å². The number of oxazole rings is 1. The second-order valence-electron chi connectivity index (χ2n) is 6.22. The zero-order valence-electron chi connectivity index (χ0n) is 15.2. The van der Waals surface area contributed by atoms with Crippen molar-refractivity contribution in [3.05, 3.63) is 24.3 Å². The van der Waals surface area contributed by atoms with Crippen molar-refractivity contribution in [1.29, 1.82) is 0 Å². The second kappa shape index (κ2) is 8.37. The van der Waals surface area contributed by atoms with Gasteiger partial charge in [-0.15, -0.1) is 0 Å². The summed E-state index contributed by atoms with van der Waals surface area (Å²) in [5.74, 6) is 0.345. The van der Waals surface area contributed by atoms with Crippen LogP contribution in [0.15, 0.2) is 28.7 Å². The molecule has 0 bridgehead atoms. The molecule has 0 saturated heterocycles. The molecule has 0 amide bonds. The molecule has 0 saturated carbocycles. The molecular weight excluding hydrogens is 288 g/mol. The van der Waals surface area contributed by atoms with E-state index in [0.29, 0.717) is 11.4 Å². The average molecular weight is 313 g/mol. The van der Waals surface area contributed by atoms with Gasteiger partial charge in [0, 0.05) is 18.3 Å².